The molecule has 2 N–H and O–H groups in total. The molecule has 13 heteroatoms. The molecule has 3 aliphatic heterocycles. The molecule has 0 saturated carbocycles. The molecule has 3 saturated heterocycles. The Morgan fingerprint density at radius 3 is 1.73 bits per heavy atom. The molecular weight excluding hydrogens is 649 g/mol. The summed E-state index contributed by atoms with van der Waals surface area (Å²) in [5.74, 6) is 1.15. The van der Waals surface area contributed by atoms with Crippen LogP contribution in [0.2, 0.25) is 0 Å². The van der Waals surface area contributed by atoms with Crippen LogP contribution in [0.1, 0.15) is 55.4 Å². The summed E-state index contributed by atoms with van der Waals surface area (Å²) in [5, 5.41) is 12.7. The number of rotatable bonds is 12. The van der Waals surface area contributed by atoms with Crippen LogP contribution in [0.15, 0.2) is 12.7 Å². The van der Waals surface area contributed by atoms with E-state index in [1.807, 2.05) is 13.8 Å². The van der Waals surface area contributed by atoms with Gasteiger partial charge >= 0.3 is 6.09 Å². The van der Waals surface area contributed by atoms with Crippen molar-refractivity contribution in [3.05, 3.63) is 12.7 Å². The van der Waals surface area contributed by atoms with E-state index in [4.69, 9.17) is 68.0 Å². The van der Waals surface area contributed by atoms with Crippen LogP contribution in [-0.2, 0) is 33.2 Å². The summed E-state index contributed by atoms with van der Waals surface area (Å²) < 4.78 is 41.1. The summed E-state index contributed by atoms with van der Waals surface area (Å²) in [7, 11) is 0. The van der Waals surface area contributed by atoms with Gasteiger partial charge < -0.3 is 43.6 Å². The van der Waals surface area contributed by atoms with E-state index in [9.17, 15) is 9.90 Å². The number of carbonyl (C=O) groups excluding carboxylic acids is 1. The molecule has 0 aliphatic carbocycles. The largest absolute Gasteiger partial charge is 0.445 e. The molecule has 0 aromatic rings. The van der Waals surface area contributed by atoms with Crippen molar-refractivity contribution in [2.75, 3.05) is 33.0 Å². The maximum Gasteiger partial charge on any atom is 0.407 e. The van der Waals surface area contributed by atoms with Gasteiger partial charge in [-0.3, -0.25) is 0 Å². The number of amides is 1. The first kappa shape index (κ1) is 39.0. The van der Waals surface area contributed by atoms with E-state index in [1.165, 1.54) is 0 Å². The van der Waals surface area contributed by atoms with E-state index in [-0.39, 0.29) is 73.6 Å². The number of alkyl carbamates (subject to hydrolysis) is 1. The molecular formula is C32H54Cl3NO9. The van der Waals surface area contributed by atoms with Crippen LogP contribution in [0.4, 0.5) is 4.79 Å². The Kier molecular flexibility index (Phi) is 15.0. The van der Waals surface area contributed by atoms with Crippen molar-refractivity contribution in [3.8, 4) is 0 Å². The SMILES string of the molecule is C=CCO[C@@H]1OC(CO[C@@H]2OC(CO[C@@H]3OC(CO)[C@@H](C)[C@H](C)C3C)[C@@H](C)[C@H](C)C2NC(=O)OCC(Cl)(Cl)Cl)[C@@H](C)[C@H](C)C1C. The van der Waals surface area contributed by atoms with Crippen LogP contribution in [0, 0.1) is 47.3 Å². The van der Waals surface area contributed by atoms with E-state index in [1.54, 1.807) is 6.08 Å². The fraction of sp³-hybridized carbons (Fsp3) is 0.906. The molecule has 0 radical (unpaired) electrons. The molecule has 1 amide bonds. The van der Waals surface area contributed by atoms with Gasteiger partial charge in [0.25, 0.3) is 0 Å². The Morgan fingerprint density at radius 2 is 1.20 bits per heavy atom. The monoisotopic (exact) mass is 701 g/mol. The highest BCUT2D eigenvalue weighted by Crippen LogP contribution is 2.39. The van der Waals surface area contributed by atoms with Crippen molar-refractivity contribution in [3.63, 3.8) is 0 Å². The minimum atomic E-state index is -1.74. The number of aliphatic hydroxyl groups excluding tert-OH is 1. The number of hydrogen-bond donors (Lipinski definition) is 2. The van der Waals surface area contributed by atoms with Crippen LogP contribution >= 0.6 is 34.8 Å². The minimum Gasteiger partial charge on any atom is -0.445 e. The lowest BCUT2D eigenvalue weighted by atomic mass is 9.79. The summed E-state index contributed by atoms with van der Waals surface area (Å²) in [5.41, 5.74) is 0. The summed E-state index contributed by atoms with van der Waals surface area (Å²) in [4.78, 5) is 12.8. The predicted molar refractivity (Wildman–Crippen MR) is 173 cm³/mol. The lowest BCUT2D eigenvalue weighted by Gasteiger charge is -2.47. The van der Waals surface area contributed by atoms with Gasteiger partial charge in [0.2, 0.25) is 3.79 Å². The average Bonchev–Trinajstić information content (AvgIpc) is 2.99. The van der Waals surface area contributed by atoms with Crippen molar-refractivity contribution >= 4 is 40.9 Å². The number of carbonyl (C=O) groups is 1. The van der Waals surface area contributed by atoms with E-state index in [0.717, 1.165) is 0 Å². The molecule has 15 atom stereocenters. The predicted octanol–water partition coefficient (Wildman–Crippen LogP) is 5.94. The maximum absolute atomic E-state index is 12.8. The van der Waals surface area contributed by atoms with Gasteiger partial charge in [0.05, 0.1) is 50.8 Å². The third kappa shape index (κ3) is 10.3. The number of halogens is 3. The van der Waals surface area contributed by atoms with Crippen molar-refractivity contribution in [2.45, 2.75) is 102 Å². The Hall–Kier alpha value is -0.400. The Labute approximate surface area is 284 Å². The summed E-state index contributed by atoms with van der Waals surface area (Å²) in [6.45, 7) is 20.9. The molecule has 3 rings (SSSR count). The average molecular weight is 703 g/mol. The third-order valence-corrected chi connectivity index (χ3v) is 10.9. The number of alkyl halides is 3. The fourth-order valence-electron chi connectivity index (χ4n) is 6.45. The second kappa shape index (κ2) is 17.3. The highest BCUT2D eigenvalue weighted by atomic mass is 35.6. The minimum absolute atomic E-state index is 0.0467. The van der Waals surface area contributed by atoms with Crippen LogP contribution in [0.3, 0.4) is 0 Å². The summed E-state index contributed by atoms with van der Waals surface area (Å²) in [6, 6.07) is -0.577. The van der Waals surface area contributed by atoms with Crippen LogP contribution in [-0.4, -0.2) is 91.3 Å². The smallest absolute Gasteiger partial charge is 0.407 e. The molecule has 45 heavy (non-hydrogen) atoms. The molecule has 0 aromatic heterocycles. The first-order chi connectivity index (χ1) is 21.1. The first-order valence-corrected chi connectivity index (χ1v) is 17.3. The van der Waals surface area contributed by atoms with Gasteiger partial charge in [0.15, 0.2) is 18.9 Å². The number of aliphatic hydroxyl groups is 1. The van der Waals surface area contributed by atoms with Gasteiger partial charge in [-0.1, -0.05) is 96.3 Å². The molecule has 3 aliphatic rings. The van der Waals surface area contributed by atoms with Gasteiger partial charge in [0, 0.05) is 11.8 Å². The summed E-state index contributed by atoms with van der Waals surface area (Å²) in [6.07, 6.45) is -1.72. The van der Waals surface area contributed by atoms with Crippen LogP contribution in [0.25, 0.3) is 0 Å². The Balaban J connectivity index is 1.74. The zero-order valence-corrected chi connectivity index (χ0v) is 30.1. The van der Waals surface area contributed by atoms with Gasteiger partial charge in [-0.2, -0.15) is 0 Å². The fourth-order valence-corrected chi connectivity index (χ4v) is 6.61. The zero-order chi connectivity index (χ0) is 33.6. The standard InChI is InChI=1S/C32H54Cl3NO9/c1-10-11-39-28-22(8)17(3)19(5)25(44-28)14-41-30-27(36-31(38)42-15-32(33,34)35)21(7)20(6)26(45-30)13-40-29-23(9)16(2)18(4)24(12-37)43-29/h10,16-30,37H,1,11-15H2,2-9H3,(H,36,38)/t16-,17-,18-,19-,20-,21-,22?,23?,24?,25?,26?,27?,28+,29+,30+/m0/s1. The van der Waals surface area contributed by atoms with E-state index >= 15 is 0 Å². The van der Waals surface area contributed by atoms with Gasteiger partial charge in [-0.15, -0.1) is 6.58 Å². The number of ether oxygens (including phenoxy) is 7. The highest BCUT2D eigenvalue weighted by molar-refractivity contribution is 6.67. The van der Waals surface area contributed by atoms with Gasteiger partial charge in [-0.25, -0.2) is 4.79 Å². The zero-order valence-electron chi connectivity index (χ0n) is 27.8. The van der Waals surface area contributed by atoms with E-state index in [2.05, 4.69) is 53.4 Å². The van der Waals surface area contributed by atoms with Crippen LogP contribution in [0.5, 0.6) is 0 Å². The highest BCUT2D eigenvalue weighted by Gasteiger charge is 2.46. The van der Waals surface area contributed by atoms with Gasteiger partial charge in [0.1, 0.15) is 6.61 Å². The van der Waals surface area contributed by atoms with Crippen molar-refractivity contribution < 1.29 is 43.1 Å². The molecule has 0 aromatic carbocycles. The molecule has 262 valence electrons. The topological polar surface area (TPSA) is 114 Å². The number of nitrogens with one attached hydrogen (secondary N) is 1. The maximum atomic E-state index is 12.8. The first-order valence-electron chi connectivity index (χ1n) is 16.1. The Morgan fingerprint density at radius 1 is 0.733 bits per heavy atom. The second-order valence-electron chi connectivity index (χ2n) is 13.3. The van der Waals surface area contributed by atoms with Gasteiger partial charge in [-0.05, 0) is 35.5 Å². The van der Waals surface area contributed by atoms with Crippen molar-refractivity contribution in [2.24, 2.45) is 47.3 Å². The molecule has 3 fully saturated rings. The Bertz CT molecular complexity index is 940. The molecule has 0 spiro atoms. The van der Waals surface area contributed by atoms with Crippen LogP contribution < -0.4 is 5.32 Å². The second-order valence-corrected chi connectivity index (χ2v) is 15.9. The normalized spacial score (nSPS) is 42.6. The van der Waals surface area contributed by atoms with Crippen molar-refractivity contribution in [1.82, 2.24) is 5.32 Å². The molecule has 3 heterocycles. The third-order valence-electron chi connectivity index (χ3n) is 10.6. The van der Waals surface area contributed by atoms with Crippen molar-refractivity contribution in [1.29, 1.82) is 0 Å². The lowest BCUT2D eigenvalue weighted by Crippen LogP contribution is -2.60. The molecule has 0 bridgehead atoms. The number of hydrogen-bond acceptors (Lipinski definition) is 9. The quantitative estimate of drug-likeness (QED) is 0.188. The summed E-state index contributed by atoms with van der Waals surface area (Å²) >= 11 is 17.4. The van der Waals surface area contributed by atoms with E-state index < -0.39 is 41.4 Å². The molecule has 10 nitrogen and oxygen atoms in total. The lowest BCUT2D eigenvalue weighted by molar-refractivity contribution is -0.299. The molecule has 6 unspecified atom stereocenters. The van der Waals surface area contributed by atoms with E-state index in [0.29, 0.717) is 18.4 Å².